The molecule has 1 aliphatic rings. The third-order valence-electron chi connectivity index (χ3n) is 4.78. The molecule has 5 nitrogen and oxygen atoms in total. The van der Waals surface area contributed by atoms with Gasteiger partial charge in [-0.1, -0.05) is 41.4 Å². The zero-order valence-corrected chi connectivity index (χ0v) is 16.3. The minimum absolute atomic E-state index is 0.134. The lowest BCUT2D eigenvalue weighted by atomic mass is 10.1. The molecule has 1 heterocycles. The van der Waals surface area contributed by atoms with Gasteiger partial charge < -0.3 is 14.5 Å². The molecule has 0 aromatic heterocycles. The van der Waals surface area contributed by atoms with Crippen LogP contribution < -0.4 is 4.90 Å². The van der Waals surface area contributed by atoms with Crippen molar-refractivity contribution in [3.8, 4) is 0 Å². The lowest BCUT2D eigenvalue weighted by Crippen LogP contribution is -2.49. The SMILES string of the molecule is COC(=O)c1ccc(Cl)c(N2CCN(C(=O)Cc3cccc(C)c3)CC2)c1. The second-order valence-corrected chi connectivity index (χ2v) is 7.10. The lowest BCUT2D eigenvalue weighted by Gasteiger charge is -2.36. The molecular weight excluding hydrogens is 364 g/mol. The van der Waals surface area contributed by atoms with Crippen LogP contribution >= 0.6 is 11.6 Å². The number of esters is 1. The zero-order valence-electron chi connectivity index (χ0n) is 15.6. The molecule has 0 saturated carbocycles. The molecular formula is C21H23ClN2O3. The maximum Gasteiger partial charge on any atom is 0.337 e. The van der Waals surface area contributed by atoms with Gasteiger partial charge in [-0.3, -0.25) is 4.79 Å². The third-order valence-corrected chi connectivity index (χ3v) is 5.10. The Balaban J connectivity index is 1.63. The molecule has 3 rings (SSSR count). The van der Waals surface area contributed by atoms with Crippen LogP contribution in [0.4, 0.5) is 5.69 Å². The van der Waals surface area contributed by atoms with Gasteiger partial charge in [0.2, 0.25) is 5.91 Å². The van der Waals surface area contributed by atoms with E-state index in [2.05, 4.69) is 4.90 Å². The van der Waals surface area contributed by atoms with Gasteiger partial charge in [0.25, 0.3) is 0 Å². The molecule has 2 aromatic rings. The van der Waals surface area contributed by atoms with Gasteiger partial charge in [0.05, 0.1) is 29.8 Å². The van der Waals surface area contributed by atoms with Crippen LogP contribution in [0, 0.1) is 6.92 Å². The number of piperazine rings is 1. The number of hydrogen-bond acceptors (Lipinski definition) is 4. The first-order valence-corrected chi connectivity index (χ1v) is 9.32. The fourth-order valence-electron chi connectivity index (χ4n) is 3.31. The van der Waals surface area contributed by atoms with Crippen molar-refractivity contribution >= 4 is 29.2 Å². The molecule has 0 unspecified atom stereocenters. The molecule has 2 aromatic carbocycles. The largest absolute Gasteiger partial charge is 0.465 e. The van der Waals surface area contributed by atoms with Crippen LogP contribution in [-0.4, -0.2) is 50.1 Å². The molecule has 1 saturated heterocycles. The lowest BCUT2D eigenvalue weighted by molar-refractivity contribution is -0.130. The van der Waals surface area contributed by atoms with Crippen molar-refractivity contribution < 1.29 is 14.3 Å². The Morgan fingerprint density at radius 1 is 1.07 bits per heavy atom. The highest BCUT2D eigenvalue weighted by Gasteiger charge is 2.23. The Kier molecular flexibility index (Phi) is 6.01. The third kappa shape index (κ3) is 4.61. The van der Waals surface area contributed by atoms with E-state index < -0.39 is 0 Å². The highest BCUT2D eigenvalue weighted by atomic mass is 35.5. The van der Waals surface area contributed by atoms with Gasteiger partial charge in [-0.25, -0.2) is 4.79 Å². The van der Waals surface area contributed by atoms with Gasteiger partial charge in [0.1, 0.15) is 0 Å². The molecule has 27 heavy (non-hydrogen) atoms. The second kappa shape index (κ2) is 8.44. The van der Waals surface area contributed by atoms with E-state index in [1.807, 2.05) is 36.1 Å². The summed E-state index contributed by atoms with van der Waals surface area (Å²) in [5, 5.41) is 0.585. The van der Waals surface area contributed by atoms with Gasteiger partial charge in [0.15, 0.2) is 0 Å². The molecule has 0 atom stereocenters. The second-order valence-electron chi connectivity index (χ2n) is 6.69. The molecule has 0 bridgehead atoms. The van der Waals surface area contributed by atoms with E-state index in [0.29, 0.717) is 43.2 Å². The maximum atomic E-state index is 12.6. The number of carbonyl (C=O) groups is 2. The van der Waals surface area contributed by atoms with E-state index in [1.165, 1.54) is 7.11 Å². The summed E-state index contributed by atoms with van der Waals surface area (Å²) in [4.78, 5) is 28.3. The molecule has 0 N–H and O–H groups in total. The van der Waals surface area contributed by atoms with Crippen molar-refractivity contribution in [1.29, 1.82) is 0 Å². The number of carbonyl (C=O) groups excluding carboxylic acids is 2. The van der Waals surface area contributed by atoms with Crippen molar-refractivity contribution in [2.45, 2.75) is 13.3 Å². The van der Waals surface area contributed by atoms with Gasteiger partial charge in [-0.2, -0.15) is 0 Å². The van der Waals surface area contributed by atoms with E-state index in [4.69, 9.17) is 16.3 Å². The Bertz CT molecular complexity index is 845. The van der Waals surface area contributed by atoms with Crippen molar-refractivity contribution in [2.75, 3.05) is 38.2 Å². The van der Waals surface area contributed by atoms with Crippen LogP contribution in [0.25, 0.3) is 0 Å². The first-order valence-electron chi connectivity index (χ1n) is 8.94. The smallest absolute Gasteiger partial charge is 0.337 e. The molecule has 6 heteroatoms. The summed E-state index contributed by atoms with van der Waals surface area (Å²) in [6.45, 7) is 4.62. The summed E-state index contributed by atoms with van der Waals surface area (Å²) in [6.07, 6.45) is 0.417. The van der Waals surface area contributed by atoms with Crippen LogP contribution in [0.5, 0.6) is 0 Å². The van der Waals surface area contributed by atoms with Crippen LogP contribution in [0.2, 0.25) is 5.02 Å². The summed E-state index contributed by atoms with van der Waals surface area (Å²) < 4.78 is 4.78. The van der Waals surface area contributed by atoms with Crippen LogP contribution in [0.3, 0.4) is 0 Å². The fraction of sp³-hybridized carbons (Fsp3) is 0.333. The molecule has 0 aliphatic carbocycles. The Hall–Kier alpha value is -2.53. The number of methoxy groups -OCH3 is 1. The molecule has 1 fully saturated rings. The number of ether oxygens (including phenoxy) is 1. The maximum absolute atomic E-state index is 12.6. The quantitative estimate of drug-likeness (QED) is 0.756. The summed E-state index contributed by atoms with van der Waals surface area (Å²) in [7, 11) is 1.36. The molecule has 1 aliphatic heterocycles. The predicted octanol–water partition coefficient (Wildman–Crippen LogP) is 3.33. The number of aryl methyl sites for hydroxylation is 1. The molecule has 0 spiro atoms. The number of nitrogens with zero attached hydrogens (tertiary/aromatic N) is 2. The van der Waals surface area contributed by atoms with Crippen LogP contribution in [0.15, 0.2) is 42.5 Å². The standard InChI is InChI=1S/C21H23ClN2O3/c1-15-4-3-5-16(12-15)13-20(25)24-10-8-23(9-11-24)19-14-17(21(26)27-2)6-7-18(19)22/h3-7,12,14H,8-11,13H2,1-2H3. The topological polar surface area (TPSA) is 49.9 Å². The number of halogens is 1. The summed E-state index contributed by atoms with van der Waals surface area (Å²) in [6, 6.07) is 13.1. The zero-order chi connectivity index (χ0) is 19.4. The average Bonchev–Trinajstić information content (AvgIpc) is 2.68. The van der Waals surface area contributed by atoms with Crippen molar-refractivity contribution in [3.63, 3.8) is 0 Å². The molecule has 0 radical (unpaired) electrons. The monoisotopic (exact) mass is 386 g/mol. The van der Waals surface area contributed by atoms with Crippen molar-refractivity contribution in [3.05, 3.63) is 64.2 Å². The van der Waals surface area contributed by atoms with Gasteiger partial charge >= 0.3 is 5.97 Å². The van der Waals surface area contributed by atoms with E-state index >= 15 is 0 Å². The summed E-state index contributed by atoms with van der Waals surface area (Å²) in [5.74, 6) is -0.255. The Morgan fingerprint density at radius 2 is 1.81 bits per heavy atom. The highest BCUT2D eigenvalue weighted by molar-refractivity contribution is 6.33. The molecule has 142 valence electrons. The average molecular weight is 387 g/mol. The Labute approximate surface area is 164 Å². The molecule has 1 amide bonds. The number of amides is 1. The van der Waals surface area contributed by atoms with E-state index in [0.717, 1.165) is 16.8 Å². The van der Waals surface area contributed by atoms with Gasteiger partial charge in [-0.05, 0) is 30.7 Å². The Morgan fingerprint density at radius 3 is 2.48 bits per heavy atom. The number of rotatable bonds is 4. The normalized spacial score (nSPS) is 14.2. The van der Waals surface area contributed by atoms with E-state index in [1.54, 1.807) is 18.2 Å². The van der Waals surface area contributed by atoms with Crippen molar-refractivity contribution in [1.82, 2.24) is 4.90 Å². The van der Waals surface area contributed by atoms with E-state index in [-0.39, 0.29) is 11.9 Å². The first kappa shape index (κ1) is 19.2. The van der Waals surface area contributed by atoms with Crippen LogP contribution in [-0.2, 0) is 16.0 Å². The first-order chi connectivity index (χ1) is 13.0. The van der Waals surface area contributed by atoms with Gasteiger partial charge in [-0.15, -0.1) is 0 Å². The highest BCUT2D eigenvalue weighted by Crippen LogP contribution is 2.28. The van der Waals surface area contributed by atoms with Crippen molar-refractivity contribution in [2.24, 2.45) is 0 Å². The fourth-order valence-corrected chi connectivity index (χ4v) is 3.54. The predicted molar refractivity (Wildman–Crippen MR) is 106 cm³/mol. The minimum atomic E-state index is -0.389. The number of benzene rings is 2. The van der Waals surface area contributed by atoms with E-state index in [9.17, 15) is 9.59 Å². The van der Waals surface area contributed by atoms with Gasteiger partial charge in [0, 0.05) is 26.2 Å². The van der Waals surface area contributed by atoms with Crippen LogP contribution in [0.1, 0.15) is 21.5 Å². The number of anilines is 1. The number of hydrogen-bond donors (Lipinski definition) is 0. The summed E-state index contributed by atoms with van der Waals surface area (Å²) >= 11 is 6.32. The summed E-state index contributed by atoms with van der Waals surface area (Å²) in [5.41, 5.74) is 3.46. The minimum Gasteiger partial charge on any atom is -0.465 e.